The first-order chi connectivity index (χ1) is 14.6. The second-order valence-corrected chi connectivity index (χ2v) is 9.90. The van der Waals surface area contributed by atoms with Gasteiger partial charge in [-0.2, -0.15) is 0 Å². The summed E-state index contributed by atoms with van der Waals surface area (Å²) >= 11 is 1.80. The van der Waals surface area contributed by atoms with Crippen LogP contribution >= 0.6 is 35.3 Å². The number of nitrogens with one attached hydrogen (secondary N) is 2. The maximum absolute atomic E-state index is 4.87. The Kier molecular flexibility index (Phi) is 9.16. The molecule has 2 fully saturated rings. The van der Waals surface area contributed by atoms with Gasteiger partial charge in [0.1, 0.15) is 0 Å². The number of hydrogen-bond donors (Lipinski definition) is 2. The maximum Gasteiger partial charge on any atom is 0.191 e. The first kappa shape index (κ1) is 24.5. The zero-order valence-electron chi connectivity index (χ0n) is 18.9. The monoisotopic (exact) mass is 553 g/mol. The molecule has 1 aromatic heterocycles. The standard InChI is InChI=1S/C24H35N5S.HI/c1-4-25-24(26-13-12-23-17(2)27-18(3)30-23)28-20-14-21-10-11-22(15-20)29(21)16-19-8-6-5-7-9-19;/h5-9,20-22H,4,10-16H2,1-3H3,(H2,25,26,28);1H. The molecule has 0 radical (unpaired) electrons. The van der Waals surface area contributed by atoms with Gasteiger partial charge in [0.15, 0.2) is 5.96 Å². The number of halogens is 1. The molecular weight excluding hydrogens is 517 g/mol. The number of guanidine groups is 1. The van der Waals surface area contributed by atoms with Crippen molar-refractivity contribution in [1.82, 2.24) is 20.5 Å². The molecule has 4 rings (SSSR count). The van der Waals surface area contributed by atoms with E-state index >= 15 is 0 Å². The van der Waals surface area contributed by atoms with Gasteiger partial charge in [-0.15, -0.1) is 35.3 Å². The van der Waals surface area contributed by atoms with Crippen LogP contribution in [0.4, 0.5) is 0 Å². The summed E-state index contributed by atoms with van der Waals surface area (Å²) in [5.41, 5.74) is 2.59. The lowest BCUT2D eigenvalue weighted by Crippen LogP contribution is -2.52. The SMILES string of the molecule is CCNC(=NCCc1sc(C)nc1C)NC1CC2CCC(C1)N2Cc1ccccc1.I. The summed E-state index contributed by atoms with van der Waals surface area (Å²) in [7, 11) is 0. The van der Waals surface area contributed by atoms with Crippen LogP contribution in [0.3, 0.4) is 0 Å². The molecule has 2 N–H and O–H groups in total. The normalized spacial score (nSPS) is 23.5. The van der Waals surface area contributed by atoms with Crippen molar-refractivity contribution < 1.29 is 0 Å². The van der Waals surface area contributed by atoms with Gasteiger partial charge in [0.05, 0.1) is 10.7 Å². The molecule has 2 unspecified atom stereocenters. The summed E-state index contributed by atoms with van der Waals surface area (Å²) in [4.78, 5) is 13.5. The molecular formula is C24H36IN5S. The molecule has 0 amide bonds. The van der Waals surface area contributed by atoms with Crippen LogP contribution in [0.1, 0.15) is 53.7 Å². The van der Waals surface area contributed by atoms with Crippen molar-refractivity contribution in [3.05, 3.63) is 51.5 Å². The van der Waals surface area contributed by atoms with Gasteiger partial charge in [-0.25, -0.2) is 4.98 Å². The van der Waals surface area contributed by atoms with E-state index in [0.29, 0.717) is 18.1 Å². The average Bonchev–Trinajstić information content (AvgIpc) is 3.16. The van der Waals surface area contributed by atoms with Crippen LogP contribution in [-0.2, 0) is 13.0 Å². The third-order valence-corrected chi connectivity index (χ3v) is 7.52. The van der Waals surface area contributed by atoms with Crippen molar-refractivity contribution in [2.45, 2.75) is 77.5 Å². The van der Waals surface area contributed by atoms with E-state index in [-0.39, 0.29) is 24.0 Å². The van der Waals surface area contributed by atoms with Crippen molar-refractivity contribution in [1.29, 1.82) is 0 Å². The molecule has 5 nitrogen and oxygen atoms in total. The first-order valence-electron chi connectivity index (χ1n) is 11.4. The highest BCUT2D eigenvalue weighted by Gasteiger charge is 2.40. The van der Waals surface area contributed by atoms with Gasteiger partial charge in [-0.05, 0) is 52.0 Å². The van der Waals surface area contributed by atoms with Gasteiger partial charge < -0.3 is 10.6 Å². The van der Waals surface area contributed by atoms with Crippen LogP contribution in [0, 0.1) is 13.8 Å². The Morgan fingerprint density at radius 2 is 1.87 bits per heavy atom. The molecule has 0 aliphatic carbocycles. The Labute approximate surface area is 208 Å². The quantitative estimate of drug-likeness (QED) is 0.297. The first-order valence-corrected chi connectivity index (χ1v) is 12.2. The highest BCUT2D eigenvalue weighted by atomic mass is 127. The molecule has 2 saturated heterocycles. The number of fused-ring (bicyclic) bond motifs is 2. The topological polar surface area (TPSA) is 52.6 Å². The van der Waals surface area contributed by atoms with E-state index in [0.717, 1.165) is 42.7 Å². The Hall–Kier alpha value is -1.19. The number of nitrogens with zero attached hydrogens (tertiary/aromatic N) is 3. The van der Waals surface area contributed by atoms with E-state index in [4.69, 9.17) is 4.99 Å². The Morgan fingerprint density at radius 3 is 2.48 bits per heavy atom. The van der Waals surface area contributed by atoms with Crippen LogP contribution < -0.4 is 10.6 Å². The molecule has 0 spiro atoms. The predicted molar refractivity (Wildman–Crippen MR) is 142 cm³/mol. The number of aliphatic imine (C=N–C) groups is 1. The fraction of sp³-hybridized carbons (Fsp3) is 0.583. The summed E-state index contributed by atoms with van der Waals surface area (Å²) in [5.74, 6) is 0.970. The van der Waals surface area contributed by atoms with Crippen molar-refractivity contribution in [2.24, 2.45) is 4.99 Å². The lowest BCUT2D eigenvalue weighted by Gasteiger charge is -2.39. The number of benzene rings is 1. The average molecular weight is 554 g/mol. The third kappa shape index (κ3) is 6.42. The van der Waals surface area contributed by atoms with Crippen molar-refractivity contribution in [3.63, 3.8) is 0 Å². The van der Waals surface area contributed by atoms with Gasteiger partial charge in [-0.3, -0.25) is 9.89 Å². The van der Waals surface area contributed by atoms with Crippen molar-refractivity contribution in [2.75, 3.05) is 13.1 Å². The lowest BCUT2D eigenvalue weighted by molar-refractivity contribution is 0.114. The van der Waals surface area contributed by atoms with Gasteiger partial charge in [0.2, 0.25) is 0 Å². The van der Waals surface area contributed by atoms with Crippen LogP contribution in [0.15, 0.2) is 35.3 Å². The van der Waals surface area contributed by atoms with E-state index in [9.17, 15) is 0 Å². The fourth-order valence-electron chi connectivity index (χ4n) is 5.03. The molecule has 2 bridgehead atoms. The van der Waals surface area contributed by atoms with Crippen LogP contribution in [0.25, 0.3) is 0 Å². The zero-order valence-corrected chi connectivity index (χ0v) is 22.1. The molecule has 2 aliphatic heterocycles. The molecule has 3 heterocycles. The van der Waals surface area contributed by atoms with E-state index in [1.54, 1.807) is 11.3 Å². The summed E-state index contributed by atoms with van der Waals surface area (Å²) < 4.78 is 0. The minimum Gasteiger partial charge on any atom is -0.357 e. The molecule has 2 atom stereocenters. The number of rotatable bonds is 7. The number of hydrogen-bond acceptors (Lipinski definition) is 4. The zero-order chi connectivity index (χ0) is 20.9. The largest absolute Gasteiger partial charge is 0.357 e. The lowest BCUT2D eigenvalue weighted by atomic mass is 9.96. The van der Waals surface area contributed by atoms with E-state index in [2.05, 4.69) is 71.6 Å². The summed E-state index contributed by atoms with van der Waals surface area (Å²) in [6.07, 6.45) is 6.04. The van der Waals surface area contributed by atoms with Crippen LogP contribution in [-0.4, -0.2) is 47.1 Å². The third-order valence-electron chi connectivity index (χ3n) is 6.39. The highest BCUT2D eigenvalue weighted by molar-refractivity contribution is 14.0. The van der Waals surface area contributed by atoms with Crippen molar-refractivity contribution in [3.8, 4) is 0 Å². The number of aromatic nitrogens is 1. The Balaban J connectivity index is 0.00000272. The van der Waals surface area contributed by atoms with Gasteiger partial charge in [0, 0.05) is 49.1 Å². The number of thiazole rings is 1. The number of aryl methyl sites for hydroxylation is 2. The molecule has 0 saturated carbocycles. The smallest absolute Gasteiger partial charge is 0.191 e. The van der Waals surface area contributed by atoms with Crippen LogP contribution in [0.2, 0.25) is 0 Å². The Bertz CT molecular complexity index is 839. The molecule has 1 aromatic carbocycles. The van der Waals surface area contributed by atoms with E-state index in [1.165, 1.54) is 36.1 Å². The van der Waals surface area contributed by atoms with Gasteiger partial charge >= 0.3 is 0 Å². The maximum atomic E-state index is 4.87. The number of piperidine rings is 1. The second kappa shape index (κ2) is 11.6. The second-order valence-electron chi connectivity index (χ2n) is 8.61. The summed E-state index contributed by atoms with van der Waals surface area (Å²) in [6, 6.07) is 12.8. The minimum atomic E-state index is 0. The summed E-state index contributed by atoms with van der Waals surface area (Å²) in [5, 5.41) is 8.35. The van der Waals surface area contributed by atoms with E-state index in [1.807, 2.05) is 0 Å². The van der Waals surface area contributed by atoms with Crippen LogP contribution in [0.5, 0.6) is 0 Å². The predicted octanol–water partition coefficient (Wildman–Crippen LogP) is 4.67. The minimum absolute atomic E-state index is 0. The van der Waals surface area contributed by atoms with Crippen molar-refractivity contribution >= 4 is 41.3 Å². The fourth-order valence-corrected chi connectivity index (χ4v) is 5.96. The highest BCUT2D eigenvalue weighted by Crippen LogP contribution is 2.36. The summed E-state index contributed by atoms with van der Waals surface area (Å²) in [6.45, 7) is 9.10. The molecule has 2 aliphatic rings. The molecule has 170 valence electrons. The molecule has 31 heavy (non-hydrogen) atoms. The van der Waals surface area contributed by atoms with Gasteiger partial charge in [0.25, 0.3) is 0 Å². The Morgan fingerprint density at radius 1 is 1.16 bits per heavy atom. The van der Waals surface area contributed by atoms with Gasteiger partial charge in [-0.1, -0.05) is 30.3 Å². The molecule has 2 aromatic rings. The van der Waals surface area contributed by atoms with E-state index < -0.39 is 0 Å². The molecule has 7 heteroatoms.